The molecular formula is C22H23N3O3. The van der Waals surface area contributed by atoms with Crippen LogP contribution in [0.25, 0.3) is 22.5 Å². The molecule has 0 amide bonds. The summed E-state index contributed by atoms with van der Waals surface area (Å²) in [5.41, 5.74) is 3.52. The third-order valence-electron chi connectivity index (χ3n) is 4.23. The summed E-state index contributed by atoms with van der Waals surface area (Å²) in [5.74, 6) is -0.363. The van der Waals surface area contributed by atoms with Crippen LogP contribution in [-0.4, -0.2) is 40.4 Å². The number of anilines is 1. The average molecular weight is 377 g/mol. The second-order valence-corrected chi connectivity index (χ2v) is 6.59. The van der Waals surface area contributed by atoms with Crippen LogP contribution in [0.1, 0.15) is 13.8 Å². The molecule has 1 N–H and O–H groups in total. The quantitative estimate of drug-likeness (QED) is 0.596. The molecule has 0 saturated heterocycles. The molecule has 0 bridgehead atoms. The van der Waals surface area contributed by atoms with E-state index in [1.165, 1.54) is 0 Å². The largest absolute Gasteiger partial charge is 0.480 e. The van der Waals surface area contributed by atoms with Gasteiger partial charge >= 0.3 is 5.97 Å². The van der Waals surface area contributed by atoms with Gasteiger partial charge in [0.1, 0.15) is 19.2 Å². The molecule has 6 heteroatoms. The van der Waals surface area contributed by atoms with E-state index in [-0.39, 0.29) is 19.4 Å². The van der Waals surface area contributed by atoms with Crippen LogP contribution in [0.15, 0.2) is 66.9 Å². The standard InChI is InChI=1S/C22H23N3O3/c1-16(2)25(15-28-14-20(26)27)19-13-23-21(17-9-5-3-6-10-17)22(24-19)18-11-7-4-8-12-18/h3-13,16H,14-15H2,1-2H3,(H,26,27). The topological polar surface area (TPSA) is 75.5 Å². The lowest BCUT2D eigenvalue weighted by molar-refractivity contribution is -0.142. The van der Waals surface area contributed by atoms with E-state index in [0.29, 0.717) is 5.82 Å². The molecule has 0 unspecified atom stereocenters. The highest BCUT2D eigenvalue weighted by molar-refractivity contribution is 5.78. The summed E-state index contributed by atoms with van der Waals surface area (Å²) < 4.78 is 5.29. The molecule has 0 saturated carbocycles. The van der Waals surface area contributed by atoms with Crippen molar-refractivity contribution in [1.29, 1.82) is 0 Å². The SMILES string of the molecule is CC(C)N(COCC(=O)O)c1cnc(-c2ccccc2)c(-c2ccccc2)n1. The van der Waals surface area contributed by atoms with Gasteiger partial charge in [-0.15, -0.1) is 0 Å². The number of hydrogen-bond donors (Lipinski definition) is 1. The highest BCUT2D eigenvalue weighted by Crippen LogP contribution is 2.30. The Morgan fingerprint density at radius 2 is 1.57 bits per heavy atom. The van der Waals surface area contributed by atoms with Gasteiger partial charge in [0.25, 0.3) is 0 Å². The fourth-order valence-electron chi connectivity index (χ4n) is 2.83. The summed E-state index contributed by atoms with van der Waals surface area (Å²) in [7, 11) is 0. The van der Waals surface area contributed by atoms with Gasteiger partial charge in [0.05, 0.1) is 17.6 Å². The van der Waals surface area contributed by atoms with E-state index in [1.807, 2.05) is 79.4 Å². The maximum Gasteiger partial charge on any atom is 0.329 e. The molecule has 0 fully saturated rings. The maximum atomic E-state index is 10.8. The van der Waals surface area contributed by atoms with Crippen molar-refractivity contribution in [3.05, 3.63) is 66.9 Å². The fraction of sp³-hybridized carbons (Fsp3) is 0.227. The maximum absolute atomic E-state index is 10.8. The molecule has 3 rings (SSSR count). The minimum atomic E-state index is -1.00. The van der Waals surface area contributed by atoms with E-state index >= 15 is 0 Å². The van der Waals surface area contributed by atoms with Gasteiger partial charge in [-0.3, -0.25) is 4.98 Å². The number of rotatable bonds is 8. The lowest BCUT2D eigenvalue weighted by Crippen LogP contribution is -2.34. The second kappa shape index (κ2) is 9.10. The van der Waals surface area contributed by atoms with E-state index in [1.54, 1.807) is 6.20 Å². The van der Waals surface area contributed by atoms with E-state index in [9.17, 15) is 4.79 Å². The van der Waals surface area contributed by atoms with Crippen LogP contribution in [0.4, 0.5) is 5.82 Å². The van der Waals surface area contributed by atoms with Crippen LogP contribution in [0.2, 0.25) is 0 Å². The molecule has 28 heavy (non-hydrogen) atoms. The van der Waals surface area contributed by atoms with Gasteiger partial charge in [0.2, 0.25) is 0 Å². The van der Waals surface area contributed by atoms with Crippen molar-refractivity contribution in [3.63, 3.8) is 0 Å². The first-order chi connectivity index (χ1) is 13.6. The summed E-state index contributed by atoms with van der Waals surface area (Å²) in [4.78, 5) is 22.2. The number of carboxylic acid groups (broad SMARTS) is 1. The van der Waals surface area contributed by atoms with E-state index in [0.717, 1.165) is 22.5 Å². The Hall–Kier alpha value is -3.25. The van der Waals surface area contributed by atoms with Crippen molar-refractivity contribution in [2.24, 2.45) is 0 Å². The number of benzene rings is 2. The molecule has 0 aliphatic rings. The van der Waals surface area contributed by atoms with Crippen molar-refractivity contribution in [2.45, 2.75) is 19.9 Å². The minimum Gasteiger partial charge on any atom is -0.480 e. The average Bonchev–Trinajstić information content (AvgIpc) is 2.72. The molecule has 1 heterocycles. The molecule has 0 radical (unpaired) electrons. The van der Waals surface area contributed by atoms with E-state index in [4.69, 9.17) is 19.8 Å². The van der Waals surface area contributed by atoms with Gasteiger partial charge in [0, 0.05) is 17.2 Å². The summed E-state index contributed by atoms with van der Waals surface area (Å²) >= 11 is 0. The van der Waals surface area contributed by atoms with Crippen LogP contribution < -0.4 is 4.90 Å². The van der Waals surface area contributed by atoms with Crippen LogP contribution in [0, 0.1) is 0 Å². The first-order valence-electron chi connectivity index (χ1n) is 9.10. The molecule has 0 aliphatic carbocycles. The normalized spacial score (nSPS) is 10.8. The molecule has 144 valence electrons. The summed E-state index contributed by atoms with van der Waals surface area (Å²) in [6.07, 6.45) is 1.71. The molecular weight excluding hydrogens is 354 g/mol. The number of carbonyl (C=O) groups is 1. The van der Waals surface area contributed by atoms with Crippen molar-refractivity contribution >= 4 is 11.8 Å². The predicted molar refractivity (Wildman–Crippen MR) is 109 cm³/mol. The summed E-state index contributed by atoms with van der Waals surface area (Å²) in [6, 6.07) is 19.9. The molecule has 6 nitrogen and oxygen atoms in total. The third kappa shape index (κ3) is 4.72. The Morgan fingerprint density at radius 1 is 1.00 bits per heavy atom. The fourth-order valence-corrected chi connectivity index (χ4v) is 2.83. The Kier molecular flexibility index (Phi) is 6.34. The molecule has 0 aliphatic heterocycles. The van der Waals surface area contributed by atoms with Gasteiger partial charge in [-0.1, -0.05) is 60.7 Å². The first kappa shape index (κ1) is 19.5. The van der Waals surface area contributed by atoms with Crippen LogP contribution in [0.5, 0.6) is 0 Å². The number of aliphatic carboxylic acids is 1. The Labute approximate surface area is 164 Å². The van der Waals surface area contributed by atoms with Crippen molar-refractivity contribution < 1.29 is 14.6 Å². The first-order valence-corrected chi connectivity index (χ1v) is 9.10. The predicted octanol–water partition coefficient (Wildman–Crippen LogP) is 4.08. The zero-order chi connectivity index (χ0) is 19.9. The molecule has 0 spiro atoms. The Bertz CT molecular complexity index is 915. The number of aromatic nitrogens is 2. The molecule has 2 aromatic carbocycles. The lowest BCUT2D eigenvalue weighted by Gasteiger charge is -2.27. The van der Waals surface area contributed by atoms with E-state index < -0.39 is 5.97 Å². The van der Waals surface area contributed by atoms with Gasteiger partial charge in [0.15, 0.2) is 0 Å². The second-order valence-electron chi connectivity index (χ2n) is 6.59. The number of ether oxygens (including phenoxy) is 1. The van der Waals surface area contributed by atoms with Crippen LogP contribution in [0.3, 0.4) is 0 Å². The van der Waals surface area contributed by atoms with Gasteiger partial charge in [-0.05, 0) is 13.8 Å². The minimum absolute atomic E-state index is 0.0642. The molecule has 0 atom stereocenters. The Morgan fingerprint density at radius 3 is 2.11 bits per heavy atom. The Balaban J connectivity index is 2.02. The smallest absolute Gasteiger partial charge is 0.329 e. The van der Waals surface area contributed by atoms with Crippen molar-refractivity contribution in [1.82, 2.24) is 9.97 Å². The van der Waals surface area contributed by atoms with Crippen molar-refractivity contribution in [2.75, 3.05) is 18.2 Å². The highest BCUT2D eigenvalue weighted by atomic mass is 16.5. The zero-order valence-electron chi connectivity index (χ0n) is 15.9. The zero-order valence-corrected chi connectivity index (χ0v) is 15.9. The lowest BCUT2D eigenvalue weighted by atomic mass is 10.0. The number of nitrogens with zero attached hydrogens (tertiary/aromatic N) is 3. The highest BCUT2D eigenvalue weighted by Gasteiger charge is 2.18. The number of carboxylic acids is 1. The van der Waals surface area contributed by atoms with Gasteiger partial charge in [-0.2, -0.15) is 0 Å². The van der Waals surface area contributed by atoms with Crippen LogP contribution >= 0.6 is 0 Å². The van der Waals surface area contributed by atoms with Gasteiger partial charge in [-0.25, -0.2) is 9.78 Å². The molecule has 3 aromatic rings. The summed E-state index contributed by atoms with van der Waals surface area (Å²) in [5, 5.41) is 8.82. The molecule has 1 aromatic heterocycles. The van der Waals surface area contributed by atoms with Crippen LogP contribution in [-0.2, 0) is 9.53 Å². The van der Waals surface area contributed by atoms with Gasteiger partial charge < -0.3 is 14.7 Å². The number of hydrogen-bond acceptors (Lipinski definition) is 5. The van der Waals surface area contributed by atoms with E-state index in [2.05, 4.69) is 0 Å². The summed E-state index contributed by atoms with van der Waals surface area (Å²) in [6.45, 7) is 3.76. The van der Waals surface area contributed by atoms with Crippen molar-refractivity contribution in [3.8, 4) is 22.5 Å². The monoisotopic (exact) mass is 377 g/mol. The third-order valence-corrected chi connectivity index (χ3v) is 4.23.